The fraction of sp³-hybridized carbons (Fsp3) is 0.100. The van der Waals surface area contributed by atoms with Gasteiger partial charge in [0.05, 0.1) is 6.20 Å². The number of nitrogens with two attached hydrogens (primary N) is 1. The standard InChI is InChI=1S/C10H10BrN3/c11-9-2-1-8(10(12)4-9)3-7-5-13-14-6-7/h1-2,4-6H,3,12H2,(H,13,14). The molecule has 0 aliphatic heterocycles. The molecule has 14 heavy (non-hydrogen) atoms. The average Bonchev–Trinajstić information content (AvgIpc) is 2.62. The molecule has 0 saturated carbocycles. The van der Waals surface area contributed by atoms with E-state index in [2.05, 4.69) is 26.1 Å². The second kappa shape index (κ2) is 3.84. The number of nitrogens with one attached hydrogen (secondary N) is 1. The third kappa shape index (κ3) is 1.96. The molecule has 2 rings (SSSR count). The van der Waals surface area contributed by atoms with E-state index in [0.29, 0.717) is 0 Å². The minimum Gasteiger partial charge on any atom is -0.398 e. The lowest BCUT2D eigenvalue weighted by Crippen LogP contribution is -1.94. The van der Waals surface area contributed by atoms with Crippen LogP contribution in [0.4, 0.5) is 5.69 Å². The summed E-state index contributed by atoms with van der Waals surface area (Å²) in [6.45, 7) is 0. The molecule has 0 unspecified atom stereocenters. The van der Waals surface area contributed by atoms with E-state index in [9.17, 15) is 0 Å². The van der Waals surface area contributed by atoms with Crippen molar-refractivity contribution in [3.8, 4) is 0 Å². The van der Waals surface area contributed by atoms with Gasteiger partial charge in [-0.2, -0.15) is 5.10 Å². The van der Waals surface area contributed by atoms with Crippen LogP contribution < -0.4 is 5.73 Å². The quantitative estimate of drug-likeness (QED) is 0.806. The van der Waals surface area contributed by atoms with Gasteiger partial charge in [0.2, 0.25) is 0 Å². The Labute approximate surface area is 90.5 Å². The van der Waals surface area contributed by atoms with Gasteiger partial charge < -0.3 is 5.73 Å². The topological polar surface area (TPSA) is 54.7 Å². The molecule has 0 aliphatic carbocycles. The number of aromatic amines is 1. The van der Waals surface area contributed by atoms with Gasteiger partial charge in [-0.3, -0.25) is 5.10 Å². The van der Waals surface area contributed by atoms with Crippen LogP contribution in [0.5, 0.6) is 0 Å². The molecule has 1 aromatic heterocycles. The van der Waals surface area contributed by atoms with Crippen molar-refractivity contribution in [3.05, 3.63) is 46.2 Å². The summed E-state index contributed by atoms with van der Waals surface area (Å²) in [7, 11) is 0. The third-order valence-electron chi connectivity index (χ3n) is 2.06. The van der Waals surface area contributed by atoms with Crippen LogP contribution >= 0.6 is 15.9 Å². The molecule has 72 valence electrons. The molecule has 0 radical (unpaired) electrons. The van der Waals surface area contributed by atoms with Gasteiger partial charge in [-0.1, -0.05) is 22.0 Å². The van der Waals surface area contributed by atoms with E-state index >= 15 is 0 Å². The van der Waals surface area contributed by atoms with Crippen molar-refractivity contribution in [1.29, 1.82) is 0 Å². The molecular formula is C10H10BrN3. The molecule has 0 fully saturated rings. The van der Waals surface area contributed by atoms with Crippen LogP contribution in [0.1, 0.15) is 11.1 Å². The smallest absolute Gasteiger partial charge is 0.0522 e. The Morgan fingerprint density at radius 1 is 1.43 bits per heavy atom. The number of nitrogen functional groups attached to an aromatic ring is 1. The summed E-state index contributed by atoms with van der Waals surface area (Å²) in [4.78, 5) is 0. The van der Waals surface area contributed by atoms with Gasteiger partial charge in [-0.05, 0) is 23.3 Å². The molecule has 4 heteroatoms. The number of rotatable bonds is 2. The molecular weight excluding hydrogens is 242 g/mol. The number of benzene rings is 1. The van der Waals surface area contributed by atoms with Crippen molar-refractivity contribution in [1.82, 2.24) is 10.2 Å². The molecule has 0 amide bonds. The molecule has 0 saturated heterocycles. The fourth-order valence-electron chi connectivity index (χ4n) is 1.32. The van der Waals surface area contributed by atoms with Crippen molar-refractivity contribution in [3.63, 3.8) is 0 Å². The predicted molar refractivity (Wildman–Crippen MR) is 59.9 cm³/mol. The van der Waals surface area contributed by atoms with Gasteiger partial charge in [-0.15, -0.1) is 0 Å². The summed E-state index contributed by atoms with van der Waals surface area (Å²) >= 11 is 3.38. The minimum absolute atomic E-state index is 0.806. The maximum atomic E-state index is 5.88. The van der Waals surface area contributed by atoms with Crippen LogP contribution in [0.25, 0.3) is 0 Å². The predicted octanol–water partition coefficient (Wildman–Crippen LogP) is 2.35. The Balaban J connectivity index is 2.25. The molecule has 2 aromatic rings. The zero-order chi connectivity index (χ0) is 9.97. The zero-order valence-corrected chi connectivity index (χ0v) is 9.08. The van der Waals surface area contributed by atoms with E-state index in [4.69, 9.17) is 5.73 Å². The van der Waals surface area contributed by atoms with Crippen LogP contribution in [0.15, 0.2) is 35.1 Å². The van der Waals surface area contributed by atoms with Crippen LogP contribution in [0.3, 0.4) is 0 Å². The molecule has 1 aromatic carbocycles. The van der Waals surface area contributed by atoms with Crippen molar-refractivity contribution in [2.75, 3.05) is 5.73 Å². The van der Waals surface area contributed by atoms with Gasteiger partial charge in [0.15, 0.2) is 0 Å². The number of aromatic nitrogens is 2. The van der Waals surface area contributed by atoms with Gasteiger partial charge in [0.1, 0.15) is 0 Å². The van der Waals surface area contributed by atoms with Crippen molar-refractivity contribution in [2.24, 2.45) is 0 Å². The molecule has 1 heterocycles. The van der Waals surface area contributed by atoms with Crippen LogP contribution in [0.2, 0.25) is 0 Å². The van der Waals surface area contributed by atoms with E-state index in [1.807, 2.05) is 30.6 Å². The van der Waals surface area contributed by atoms with Gasteiger partial charge in [-0.25, -0.2) is 0 Å². The Morgan fingerprint density at radius 2 is 2.29 bits per heavy atom. The lowest BCUT2D eigenvalue weighted by molar-refractivity contribution is 1.09. The van der Waals surface area contributed by atoms with Crippen molar-refractivity contribution in [2.45, 2.75) is 6.42 Å². The summed E-state index contributed by atoms with van der Waals surface area (Å²) in [5, 5.41) is 6.67. The molecule has 0 atom stereocenters. The maximum absolute atomic E-state index is 5.88. The van der Waals surface area contributed by atoms with Gasteiger partial charge in [0, 0.05) is 22.8 Å². The Hall–Kier alpha value is -1.29. The summed E-state index contributed by atoms with van der Waals surface area (Å²) in [6.07, 6.45) is 4.50. The number of H-pyrrole nitrogens is 1. The summed E-state index contributed by atoms with van der Waals surface area (Å²) in [5.41, 5.74) is 8.94. The summed E-state index contributed by atoms with van der Waals surface area (Å²) in [5.74, 6) is 0. The Morgan fingerprint density at radius 3 is 2.93 bits per heavy atom. The van der Waals surface area contributed by atoms with E-state index in [1.165, 1.54) is 0 Å². The first kappa shape index (κ1) is 9.27. The third-order valence-corrected chi connectivity index (χ3v) is 2.55. The fourth-order valence-corrected chi connectivity index (χ4v) is 1.70. The highest BCUT2D eigenvalue weighted by molar-refractivity contribution is 9.10. The largest absolute Gasteiger partial charge is 0.398 e. The first-order valence-corrected chi connectivity index (χ1v) is 5.06. The van der Waals surface area contributed by atoms with E-state index < -0.39 is 0 Å². The van der Waals surface area contributed by atoms with Gasteiger partial charge in [0.25, 0.3) is 0 Å². The highest BCUT2D eigenvalue weighted by Crippen LogP contribution is 2.20. The van der Waals surface area contributed by atoms with Gasteiger partial charge >= 0.3 is 0 Å². The SMILES string of the molecule is Nc1cc(Br)ccc1Cc1cn[nH]c1. The molecule has 0 spiro atoms. The maximum Gasteiger partial charge on any atom is 0.0522 e. The molecule has 3 nitrogen and oxygen atoms in total. The van der Waals surface area contributed by atoms with Crippen molar-refractivity contribution >= 4 is 21.6 Å². The highest BCUT2D eigenvalue weighted by atomic mass is 79.9. The Bertz CT molecular complexity index is 423. The first-order valence-electron chi connectivity index (χ1n) is 4.27. The normalized spacial score (nSPS) is 10.4. The molecule has 0 bridgehead atoms. The molecule has 3 N–H and O–H groups in total. The zero-order valence-electron chi connectivity index (χ0n) is 7.50. The van der Waals surface area contributed by atoms with Crippen LogP contribution in [-0.2, 0) is 6.42 Å². The second-order valence-corrected chi connectivity index (χ2v) is 4.04. The number of anilines is 1. The number of nitrogens with zero attached hydrogens (tertiary/aromatic N) is 1. The number of hydrogen-bond acceptors (Lipinski definition) is 2. The lowest BCUT2D eigenvalue weighted by atomic mass is 10.1. The minimum atomic E-state index is 0.806. The Kier molecular flexibility index (Phi) is 2.54. The molecule has 0 aliphatic rings. The number of halogens is 1. The van der Waals surface area contributed by atoms with E-state index in [1.54, 1.807) is 0 Å². The van der Waals surface area contributed by atoms with E-state index in [0.717, 1.165) is 27.7 Å². The van der Waals surface area contributed by atoms with Crippen molar-refractivity contribution < 1.29 is 0 Å². The van der Waals surface area contributed by atoms with E-state index in [-0.39, 0.29) is 0 Å². The second-order valence-electron chi connectivity index (χ2n) is 3.13. The van der Waals surface area contributed by atoms with Crippen LogP contribution in [0, 0.1) is 0 Å². The lowest BCUT2D eigenvalue weighted by Gasteiger charge is -2.03. The summed E-state index contributed by atoms with van der Waals surface area (Å²) in [6, 6.07) is 5.92. The summed E-state index contributed by atoms with van der Waals surface area (Å²) < 4.78 is 1.01. The first-order chi connectivity index (χ1) is 6.75. The average molecular weight is 252 g/mol. The van der Waals surface area contributed by atoms with Crippen LogP contribution in [-0.4, -0.2) is 10.2 Å². The highest BCUT2D eigenvalue weighted by Gasteiger charge is 2.01. The number of hydrogen-bond donors (Lipinski definition) is 2. The monoisotopic (exact) mass is 251 g/mol.